The van der Waals surface area contributed by atoms with E-state index >= 15 is 0 Å². The predicted octanol–water partition coefficient (Wildman–Crippen LogP) is 2.35. The lowest BCUT2D eigenvalue weighted by molar-refractivity contribution is -0.123. The molecule has 0 bridgehead atoms. The van der Waals surface area contributed by atoms with Crippen molar-refractivity contribution in [3.63, 3.8) is 0 Å². The molecular weight excluding hydrogens is 394 g/mol. The van der Waals surface area contributed by atoms with Crippen molar-refractivity contribution in [3.05, 3.63) is 71.8 Å². The monoisotopic (exact) mass is 419 g/mol. The molecule has 0 radical (unpaired) electrons. The molecule has 31 heavy (non-hydrogen) atoms. The number of carboxylic acids is 1. The summed E-state index contributed by atoms with van der Waals surface area (Å²) in [4.78, 5) is 42.1. The van der Waals surface area contributed by atoms with Gasteiger partial charge < -0.3 is 5.11 Å². The Balaban J connectivity index is 1.32. The largest absolute Gasteiger partial charge is 0.478 e. The van der Waals surface area contributed by atoms with Crippen LogP contribution >= 0.6 is 0 Å². The highest BCUT2D eigenvalue weighted by atomic mass is 16.4. The molecule has 160 valence electrons. The van der Waals surface area contributed by atoms with Crippen LogP contribution in [0, 0.1) is 0 Å². The molecule has 2 aromatic carbocycles. The molecule has 2 aromatic rings. The van der Waals surface area contributed by atoms with Gasteiger partial charge in [0.05, 0.1) is 23.7 Å². The minimum atomic E-state index is -1.04. The zero-order chi connectivity index (χ0) is 21.8. The Morgan fingerprint density at radius 2 is 1.65 bits per heavy atom. The van der Waals surface area contributed by atoms with Crippen molar-refractivity contribution < 1.29 is 19.5 Å². The van der Waals surface area contributed by atoms with E-state index in [2.05, 4.69) is 34.1 Å². The maximum atomic E-state index is 13.0. The summed E-state index contributed by atoms with van der Waals surface area (Å²) in [7, 11) is 0. The molecule has 1 N–H and O–H groups in total. The van der Waals surface area contributed by atoms with Crippen molar-refractivity contribution in [1.82, 2.24) is 9.80 Å². The molecule has 7 heteroatoms. The Labute approximate surface area is 181 Å². The average molecular weight is 419 g/mol. The molecule has 0 unspecified atom stereocenters. The Morgan fingerprint density at radius 3 is 2.29 bits per heavy atom. The first-order valence-electron chi connectivity index (χ1n) is 10.4. The van der Waals surface area contributed by atoms with Gasteiger partial charge in [-0.2, -0.15) is 0 Å². The van der Waals surface area contributed by atoms with Crippen LogP contribution in [-0.2, 0) is 9.59 Å². The average Bonchev–Trinajstić information content (AvgIpc) is 3.09. The number of hydrogen-bond acceptors (Lipinski definition) is 5. The van der Waals surface area contributed by atoms with Gasteiger partial charge in [-0.05, 0) is 29.8 Å². The summed E-state index contributed by atoms with van der Waals surface area (Å²) in [6, 6.07) is 15.6. The van der Waals surface area contributed by atoms with Crippen molar-refractivity contribution in [2.75, 3.05) is 37.6 Å². The molecule has 1 atom stereocenters. The van der Waals surface area contributed by atoms with Crippen LogP contribution in [0.5, 0.6) is 0 Å². The van der Waals surface area contributed by atoms with Crippen LogP contribution in [0.15, 0.2) is 60.7 Å². The minimum absolute atomic E-state index is 0.122. The van der Waals surface area contributed by atoms with Gasteiger partial charge in [0.1, 0.15) is 0 Å². The molecule has 2 aliphatic heterocycles. The molecule has 4 rings (SSSR count). The van der Waals surface area contributed by atoms with Crippen LogP contribution in [-0.4, -0.2) is 71.5 Å². The summed E-state index contributed by atoms with van der Waals surface area (Å²) in [6.07, 6.45) is 4.42. The Kier molecular flexibility index (Phi) is 6.25. The van der Waals surface area contributed by atoms with Crippen molar-refractivity contribution in [3.8, 4) is 0 Å². The smallest absolute Gasteiger partial charge is 0.335 e. The number of carbonyl (C=O) groups is 3. The van der Waals surface area contributed by atoms with E-state index in [1.807, 2.05) is 18.2 Å². The number of amides is 2. The van der Waals surface area contributed by atoms with E-state index < -0.39 is 12.0 Å². The third-order valence-corrected chi connectivity index (χ3v) is 5.82. The van der Waals surface area contributed by atoms with E-state index in [0.717, 1.165) is 32.7 Å². The highest BCUT2D eigenvalue weighted by molar-refractivity contribution is 6.22. The van der Waals surface area contributed by atoms with E-state index in [9.17, 15) is 14.4 Å². The third-order valence-electron chi connectivity index (χ3n) is 5.82. The lowest BCUT2D eigenvalue weighted by atomic mass is 10.1. The van der Waals surface area contributed by atoms with E-state index in [0.29, 0.717) is 5.69 Å². The summed E-state index contributed by atoms with van der Waals surface area (Å²) in [5.74, 6) is -1.52. The fraction of sp³-hybridized carbons (Fsp3) is 0.292. The number of aromatic carboxylic acids is 1. The van der Waals surface area contributed by atoms with Crippen molar-refractivity contribution in [2.45, 2.75) is 12.5 Å². The van der Waals surface area contributed by atoms with Crippen LogP contribution < -0.4 is 4.90 Å². The summed E-state index contributed by atoms with van der Waals surface area (Å²) in [5, 5.41) is 9.03. The van der Waals surface area contributed by atoms with Crippen LogP contribution in [0.1, 0.15) is 22.3 Å². The van der Waals surface area contributed by atoms with Gasteiger partial charge in [-0.3, -0.25) is 19.4 Å². The molecule has 0 saturated carbocycles. The molecule has 2 aliphatic rings. The second-order valence-corrected chi connectivity index (χ2v) is 7.79. The molecule has 2 saturated heterocycles. The molecular formula is C24H25N3O4. The van der Waals surface area contributed by atoms with Gasteiger partial charge in [-0.15, -0.1) is 0 Å². The van der Waals surface area contributed by atoms with Gasteiger partial charge >= 0.3 is 5.97 Å². The van der Waals surface area contributed by atoms with Crippen molar-refractivity contribution in [1.29, 1.82) is 0 Å². The molecule has 2 fully saturated rings. The first kappa shape index (κ1) is 21.0. The topological polar surface area (TPSA) is 81.2 Å². The summed E-state index contributed by atoms with van der Waals surface area (Å²) < 4.78 is 0. The number of imide groups is 1. The third kappa shape index (κ3) is 4.73. The Morgan fingerprint density at radius 1 is 0.968 bits per heavy atom. The zero-order valence-corrected chi connectivity index (χ0v) is 17.2. The first-order valence-corrected chi connectivity index (χ1v) is 10.4. The molecule has 0 spiro atoms. The van der Waals surface area contributed by atoms with E-state index in [1.54, 1.807) is 0 Å². The minimum Gasteiger partial charge on any atom is -0.478 e. The first-order chi connectivity index (χ1) is 15.0. The number of piperazine rings is 1. The van der Waals surface area contributed by atoms with Gasteiger partial charge in [-0.1, -0.05) is 42.5 Å². The van der Waals surface area contributed by atoms with Gasteiger partial charge in [0.15, 0.2) is 0 Å². The zero-order valence-electron chi connectivity index (χ0n) is 17.2. The second kappa shape index (κ2) is 9.24. The van der Waals surface area contributed by atoms with Gasteiger partial charge in [0, 0.05) is 32.7 Å². The number of carboxylic acid groups (broad SMARTS) is 1. The number of nitrogens with zero attached hydrogens (tertiary/aromatic N) is 3. The fourth-order valence-electron chi connectivity index (χ4n) is 4.09. The summed E-state index contributed by atoms with van der Waals surface area (Å²) in [5.41, 5.74) is 1.72. The van der Waals surface area contributed by atoms with Crippen LogP contribution in [0.25, 0.3) is 6.08 Å². The molecule has 7 nitrogen and oxygen atoms in total. The lowest BCUT2D eigenvalue weighted by Gasteiger charge is -2.36. The molecule has 2 heterocycles. The number of benzene rings is 2. The normalized spacial score (nSPS) is 20.6. The van der Waals surface area contributed by atoms with E-state index in [1.165, 1.54) is 34.7 Å². The van der Waals surface area contributed by atoms with Crippen LogP contribution in [0.2, 0.25) is 0 Å². The predicted molar refractivity (Wildman–Crippen MR) is 118 cm³/mol. The Bertz CT molecular complexity index is 980. The molecule has 0 aromatic heterocycles. The van der Waals surface area contributed by atoms with E-state index in [4.69, 9.17) is 5.11 Å². The molecule has 0 aliphatic carbocycles. The fourth-order valence-corrected chi connectivity index (χ4v) is 4.09. The van der Waals surface area contributed by atoms with E-state index in [-0.39, 0.29) is 23.8 Å². The van der Waals surface area contributed by atoms with Gasteiger partial charge in [0.2, 0.25) is 5.91 Å². The molecule has 2 amide bonds. The van der Waals surface area contributed by atoms with Crippen molar-refractivity contribution in [2.24, 2.45) is 0 Å². The lowest BCUT2D eigenvalue weighted by Crippen LogP contribution is -2.52. The van der Waals surface area contributed by atoms with Crippen LogP contribution in [0.3, 0.4) is 0 Å². The number of rotatable bonds is 6. The highest BCUT2D eigenvalue weighted by Gasteiger charge is 2.43. The summed E-state index contributed by atoms with van der Waals surface area (Å²) in [6.45, 7) is 3.99. The van der Waals surface area contributed by atoms with Crippen molar-refractivity contribution >= 4 is 29.5 Å². The Hall–Kier alpha value is -3.29. The maximum Gasteiger partial charge on any atom is 0.335 e. The number of hydrogen-bond donors (Lipinski definition) is 1. The standard InChI is InChI=1S/C24H25N3O4/c28-22-17-21(23(29)27(22)20-10-8-19(9-11-20)24(30)31)26-15-13-25(14-16-26)12-4-7-18-5-2-1-3-6-18/h1-11,21H,12-17H2,(H,30,31)/b7-4+/t21-/m1/s1. The number of carbonyl (C=O) groups excluding carboxylic acids is 2. The quantitative estimate of drug-likeness (QED) is 0.724. The highest BCUT2D eigenvalue weighted by Crippen LogP contribution is 2.26. The number of anilines is 1. The second-order valence-electron chi connectivity index (χ2n) is 7.79. The van der Waals surface area contributed by atoms with Crippen LogP contribution in [0.4, 0.5) is 5.69 Å². The van der Waals surface area contributed by atoms with Gasteiger partial charge in [-0.25, -0.2) is 9.69 Å². The maximum absolute atomic E-state index is 13.0. The SMILES string of the molecule is O=C(O)c1ccc(N2C(=O)C[C@@H](N3CCN(C/C=C/c4ccccc4)CC3)C2=O)cc1. The summed E-state index contributed by atoms with van der Waals surface area (Å²) >= 11 is 0. The van der Waals surface area contributed by atoms with Gasteiger partial charge in [0.25, 0.3) is 5.91 Å².